The fourth-order valence-corrected chi connectivity index (χ4v) is 1.78. The van der Waals surface area contributed by atoms with Crippen molar-refractivity contribution in [3.05, 3.63) is 35.4 Å². The Morgan fingerprint density at radius 1 is 1.44 bits per heavy atom. The summed E-state index contributed by atoms with van der Waals surface area (Å²) in [7, 11) is 0. The largest absolute Gasteiger partial charge is 0.346 e. The Morgan fingerprint density at radius 2 is 2.12 bits per heavy atom. The van der Waals surface area contributed by atoms with E-state index in [1.54, 1.807) is 6.92 Å². The lowest BCUT2D eigenvalue weighted by Crippen LogP contribution is -2.04. The molecule has 86 valence electrons. The predicted molar refractivity (Wildman–Crippen MR) is 60.4 cm³/mol. The molecule has 16 heavy (non-hydrogen) atoms. The second kappa shape index (κ2) is 4.95. The van der Waals surface area contributed by atoms with Gasteiger partial charge in [-0.1, -0.05) is 25.1 Å². The van der Waals surface area contributed by atoms with Crippen LogP contribution in [0.3, 0.4) is 0 Å². The summed E-state index contributed by atoms with van der Waals surface area (Å²) < 4.78 is 10.8. The third-order valence-electron chi connectivity index (χ3n) is 2.65. The first-order chi connectivity index (χ1) is 7.68. The second-order valence-electron chi connectivity index (χ2n) is 3.77. The molecule has 0 amide bonds. The number of carbonyl (C=O) groups is 1. The lowest BCUT2D eigenvalue weighted by Gasteiger charge is -2.12. The maximum atomic E-state index is 11.1. The second-order valence-corrected chi connectivity index (χ2v) is 4.14. The molecule has 1 unspecified atom stereocenters. The molecule has 0 aliphatic carbocycles. The first-order valence-corrected chi connectivity index (χ1v) is 5.58. The van der Waals surface area contributed by atoms with Gasteiger partial charge in [0.05, 0.1) is 19.1 Å². The van der Waals surface area contributed by atoms with Gasteiger partial charge in [0.2, 0.25) is 5.24 Å². The molecular formula is C12H13ClO3. The van der Waals surface area contributed by atoms with Crippen LogP contribution < -0.4 is 0 Å². The number of carbonyl (C=O) groups excluding carboxylic acids is 1. The molecule has 0 N–H and O–H groups in total. The maximum absolute atomic E-state index is 11.1. The van der Waals surface area contributed by atoms with E-state index in [1.165, 1.54) is 0 Å². The van der Waals surface area contributed by atoms with Gasteiger partial charge in [-0.25, -0.2) is 0 Å². The van der Waals surface area contributed by atoms with Crippen molar-refractivity contribution in [3.63, 3.8) is 0 Å². The fourth-order valence-electron chi connectivity index (χ4n) is 1.66. The molecule has 1 saturated heterocycles. The molecule has 0 aromatic heterocycles. The molecule has 1 fully saturated rings. The van der Waals surface area contributed by atoms with E-state index in [1.807, 2.05) is 24.3 Å². The Balaban J connectivity index is 2.21. The van der Waals surface area contributed by atoms with Gasteiger partial charge in [0, 0.05) is 5.56 Å². The monoisotopic (exact) mass is 240 g/mol. The lowest BCUT2D eigenvalue weighted by molar-refractivity contribution is -0.112. The highest BCUT2D eigenvalue weighted by molar-refractivity contribution is 6.64. The zero-order valence-electron chi connectivity index (χ0n) is 8.98. The standard InChI is InChI=1S/C12H13ClO3/c1-8(11(13)14)9-3-2-4-10(7-9)12-15-5-6-16-12/h2-4,7-8,12H,5-6H2,1H3. The Bertz CT molecular complexity index is 386. The van der Waals surface area contributed by atoms with E-state index in [0.717, 1.165) is 11.1 Å². The minimum Gasteiger partial charge on any atom is -0.346 e. The molecule has 2 rings (SSSR count). The molecule has 4 heteroatoms. The van der Waals surface area contributed by atoms with E-state index in [9.17, 15) is 4.79 Å². The van der Waals surface area contributed by atoms with Gasteiger partial charge in [-0.05, 0) is 23.2 Å². The first kappa shape index (κ1) is 11.6. The maximum Gasteiger partial charge on any atom is 0.228 e. The van der Waals surface area contributed by atoms with Crippen molar-refractivity contribution in [1.29, 1.82) is 0 Å². The summed E-state index contributed by atoms with van der Waals surface area (Å²) in [5, 5.41) is -0.356. The van der Waals surface area contributed by atoms with Gasteiger partial charge in [-0.2, -0.15) is 0 Å². The van der Waals surface area contributed by atoms with Crippen LogP contribution in [0.25, 0.3) is 0 Å². The zero-order chi connectivity index (χ0) is 11.5. The van der Waals surface area contributed by atoms with Crippen LogP contribution in [0.15, 0.2) is 24.3 Å². The Kier molecular flexibility index (Phi) is 3.59. The minimum atomic E-state index is -0.356. The summed E-state index contributed by atoms with van der Waals surface area (Å²) in [4.78, 5) is 11.1. The highest BCUT2D eigenvalue weighted by Gasteiger charge is 2.20. The van der Waals surface area contributed by atoms with E-state index in [-0.39, 0.29) is 17.5 Å². The molecule has 1 aromatic rings. The van der Waals surface area contributed by atoms with Crippen molar-refractivity contribution >= 4 is 16.8 Å². The van der Waals surface area contributed by atoms with Crippen molar-refractivity contribution in [2.24, 2.45) is 0 Å². The average Bonchev–Trinajstić information content (AvgIpc) is 2.81. The molecule has 1 atom stereocenters. The van der Waals surface area contributed by atoms with Gasteiger partial charge < -0.3 is 9.47 Å². The molecule has 0 bridgehead atoms. The van der Waals surface area contributed by atoms with Crippen molar-refractivity contribution in [1.82, 2.24) is 0 Å². The topological polar surface area (TPSA) is 35.5 Å². The highest BCUT2D eigenvalue weighted by Crippen LogP contribution is 2.26. The zero-order valence-corrected chi connectivity index (χ0v) is 9.74. The Morgan fingerprint density at radius 3 is 2.75 bits per heavy atom. The molecule has 1 aromatic carbocycles. The van der Waals surface area contributed by atoms with Crippen molar-refractivity contribution in [2.75, 3.05) is 13.2 Å². The normalized spacial score (nSPS) is 18.6. The molecule has 1 aliphatic heterocycles. The van der Waals surface area contributed by atoms with Gasteiger partial charge in [-0.15, -0.1) is 0 Å². The van der Waals surface area contributed by atoms with Gasteiger partial charge in [-0.3, -0.25) is 4.79 Å². The Hall–Kier alpha value is -0.900. The summed E-state index contributed by atoms with van der Waals surface area (Å²) in [6.07, 6.45) is -0.308. The predicted octanol–water partition coefficient (Wildman–Crippen LogP) is 2.60. The molecule has 0 spiro atoms. The van der Waals surface area contributed by atoms with Crippen LogP contribution in [-0.2, 0) is 14.3 Å². The average molecular weight is 241 g/mol. The van der Waals surface area contributed by atoms with Crippen LogP contribution in [0.4, 0.5) is 0 Å². The number of halogens is 1. The molecule has 1 aliphatic rings. The van der Waals surface area contributed by atoms with Crippen LogP contribution >= 0.6 is 11.6 Å². The number of hydrogen-bond acceptors (Lipinski definition) is 3. The van der Waals surface area contributed by atoms with E-state index < -0.39 is 0 Å². The van der Waals surface area contributed by atoms with Crippen LogP contribution in [0.5, 0.6) is 0 Å². The van der Waals surface area contributed by atoms with Crippen LogP contribution in [0.2, 0.25) is 0 Å². The number of ether oxygens (including phenoxy) is 2. The third kappa shape index (κ3) is 2.43. The van der Waals surface area contributed by atoms with Crippen LogP contribution in [0, 0.1) is 0 Å². The third-order valence-corrected chi connectivity index (χ3v) is 2.97. The minimum absolute atomic E-state index is 0.303. The lowest BCUT2D eigenvalue weighted by atomic mass is 10.00. The van der Waals surface area contributed by atoms with Gasteiger partial charge >= 0.3 is 0 Å². The van der Waals surface area contributed by atoms with Crippen LogP contribution in [0.1, 0.15) is 30.3 Å². The van der Waals surface area contributed by atoms with Crippen LogP contribution in [-0.4, -0.2) is 18.5 Å². The molecule has 0 radical (unpaired) electrons. The summed E-state index contributed by atoms with van der Waals surface area (Å²) in [5.41, 5.74) is 1.82. The van der Waals surface area contributed by atoms with E-state index in [0.29, 0.717) is 13.2 Å². The van der Waals surface area contributed by atoms with E-state index >= 15 is 0 Å². The van der Waals surface area contributed by atoms with Crippen molar-refractivity contribution < 1.29 is 14.3 Å². The fraction of sp³-hybridized carbons (Fsp3) is 0.417. The molecule has 0 saturated carbocycles. The molecular weight excluding hydrogens is 228 g/mol. The number of rotatable bonds is 3. The number of benzene rings is 1. The highest BCUT2D eigenvalue weighted by atomic mass is 35.5. The van der Waals surface area contributed by atoms with Gasteiger partial charge in [0.15, 0.2) is 6.29 Å². The summed E-state index contributed by atoms with van der Waals surface area (Å²) in [6.45, 7) is 3.00. The smallest absolute Gasteiger partial charge is 0.228 e. The van der Waals surface area contributed by atoms with Gasteiger partial charge in [0.25, 0.3) is 0 Å². The molecule has 3 nitrogen and oxygen atoms in total. The Labute approximate surface area is 99.3 Å². The van der Waals surface area contributed by atoms with E-state index in [4.69, 9.17) is 21.1 Å². The number of hydrogen-bond donors (Lipinski definition) is 0. The quantitative estimate of drug-likeness (QED) is 0.762. The summed E-state index contributed by atoms with van der Waals surface area (Å²) >= 11 is 5.47. The first-order valence-electron chi connectivity index (χ1n) is 5.21. The SMILES string of the molecule is CC(C(=O)Cl)c1cccc(C2OCCO2)c1. The van der Waals surface area contributed by atoms with Crippen molar-refractivity contribution in [3.8, 4) is 0 Å². The summed E-state index contributed by atoms with van der Waals surface area (Å²) in [5.74, 6) is -0.303. The van der Waals surface area contributed by atoms with Crippen molar-refractivity contribution in [2.45, 2.75) is 19.1 Å². The summed E-state index contributed by atoms with van der Waals surface area (Å²) in [6, 6.07) is 7.58. The van der Waals surface area contributed by atoms with Gasteiger partial charge in [0.1, 0.15) is 0 Å². The molecule has 1 heterocycles. The van der Waals surface area contributed by atoms with E-state index in [2.05, 4.69) is 0 Å².